The van der Waals surface area contributed by atoms with Crippen LogP contribution in [0.3, 0.4) is 0 Å². The summed E-state index contributed by atoms with van der Waals surface area (Å²) in [5, 5.41) is 10.4. The second kappa shape index (κ2) is 5.92. The number of carbonyl (C=O) groups is 1. The smallest absolute Gasteiger partial charge is 0.256 e. The molecule has 0 spiro atoms. The van der Waals surface area contributed by atoms with E-state index in [4.69, 9.17) is 20.6 Å². The molecule has 20 heavy (non-hydrogen) atoms. The minimum absolute atomic E-state index is 0.146. The van der Waals surface area contributed by atoms with Crippen molar-refractivity contribution in [3.63, 3.8) is 0 Å². The van der Waals surface area contributed by atoms with Crippen LogP contribution in [0.2, 0.25) is 0 Å². The van der Waals surface area contributed by atoms with E-state index in [-0.39, 0.29) is 17.6 Å². The molecule has 0 aromatic heterocycles. The molecule has 2 rings (SSSR count). The van der Waals surface area contributed by atoms with Gasteiger partial charge in [-0.25, -0.2) is 0 Å². The van der Waals surface area contributed by atoms with E-state index in [2.05, 4.69) is 11.9 Å². The van der Waals surface area contributed by atoms with Gasteiger partial charge in [-0.2, -0.15) is 0 Å². The third-order valence-corrected chi connectivity index (χ3v) is 2.62. The zero-order valence-electron chi connectivity index (χ0n) is 10.8. The van der Waals surface area contributed by atoms with E-state index in [1.165, 1.54) is 6.08 Å². The fraction of sp³-hybridized carbons (Fsp3) is 0.143. The summed E-state index contributed by atoms with van der Waals surface area (Å²) in [6, 6.07) is 6.68. The topological polar surface area (TPSA) is 97.4 Å². The number of ether oxygens (including phenoxy) is 2. The molecule has 0 saturated heterocycles. The average molecular weight is 273 g/mol. The summed E-state index contributed by atoms with van der Waals surface area (Å²) in [5.41, 5.74) is 6.77. The number of anilines is 1. The molecule has 0 unspecified atom stereocenters. The Morgan fingerprint density at radius 2 is 2.35 bits per heavy atom. The van der Waals surface area contributed by atoms with Crippen molar-refractivity contribution < 1.29 is 14.3 Å². The molecule has 0 radical (unpaired) electrons. The molecule has 0 fully saturated rings. The number of nitrogens with two attached hydrogens (primary N) is 1. The molecule has 1 aromatic carbocycles. The van der Waals surface area contributed by atoms with Crippen LogP contribution in [-0.2, 0) is 9.53 Å². The molecule has 1 aliphatic rings. The predicted octanol–water partition coefficient (Wildman–Crippen LogP) is 1.76. The van der Waals surface area contributed by atoms with Gasteiger partial charge in [-0.15, -0.1) is 0 Å². The SMILES string of the molecule is C=CC(=O)Nc1cccc(OC(=N)C2=C(N)CCO2)c1. The number of benzene rings is 1. The molecule has 0 bridgehead atoms. The molecule has 0 aliphatic carbocycles. The molecule has 1 amide bonds. The first-order chi connectivity index (χ1) is 9.60. The molecular formula is C14H15N3O3. The monoisotopic (exact) mass is 273 g/mol. The van der Waals surface area contributed by atoms with Gasteiger partial charge in [0.2, 0.25) is 5.91 Å². The molecule has 4 N–H and O–H groups in total. The Labute approximate surface area is 116 Å². The number of rotatable bonds is 4. The first-order valence-electron chi connectivity index (χ1n) is 6.02. The summed E-state index contributed by atoms with van der Waals surface area (Å²) < 4.78 is 10.6. The summed E-state index contributed by atoms with van der Waals surface area (Å²) in [5.74, 6) is 0.216. The van der Waals surface area contributed by atoms with Crippen molar-refractivity contribution in [1.29, 1.82) is 5.41 Å². The average Bonchev–Trinajstić information content (AvgIpc) is 2.85. The van der Waals surface area contributed by atoms with E-state index < -0.39 is 0 Å². The van der Waals surface area contributed by atoms with Crippen molar-refractivity contribution >= 4 is 17.5 Å². The highest BCUT2D eigenvalue weighted by atomic mass is 16.5. The van der Waals surface area contributed by atoms with Gasteiger partial charge in [-0.1, -0.05) is 12.6 Å². The molecule has 104 valence electrons. The molecule has 0 saturated carbocycles. The van der Waals surface area contributed by atoms with Crippen LogP contribution in [0.25, 0.3) is 0 Å². The van der Waals surface area contributed by atoms with E-state index in [0.717, 1.165) is 0 Å². The van der Waals surface area contributed by atoms with Gasteiger partial charge >= 0.3 is 0 Å². The number of amides is 1. The van der Waals surface area contributed by atoms with Crippen molar-refractivity contribution in [1.82, 2.24) is 0 Å². The Balaban J connectivity index is 2.08. The van der Waals surface area contributed by atoms with Gasteiger partial charge in [0.1, 0.15) is 5.75 Å². The highest BCUT2D eigenvalue weighted by Crippen LogP contribution is 2.21. The minimum atomic E-state index is -0.316. The van der Waals surface area contributed by atoms with Crippen LogP contribution >= 0.6 is 0 Å². The lowest BCUT2D eigenvalue weighted by Gasteiger charge is -2.10. The Hall–Kier alpha value is -2.76. The summed E-state index contributed by atoms with van der Waals surface area (Å²) in [7, 11) is 0. The number of nitrogens with one attached hydrogen (secondary N) is 2. The van der Waals surface area contributed by atoms with E-state index in [1.807, 2.05) is 0 Å². The minimum Gasteiger partial charge on any atom is -0.486 e. The number of carbonyl (C=O) groups excluding carboxylic acids is 1. The maximum Gasteiger partial charge on any atom is 0.256 e. The molecule has 1 heterocycles. The lowest BCUT2D eigenvalue weighted by molar-refractivity contribution is -0.111. The quantitative estimate of drug-likeness (QED) is 0.442. The van der Waals surface area contributed by atoms with Gasteiger partial charge < -0.3 is 20.5 Å². The van der Waals surface area contributed by atoms with Crippen LogP contribution in [0.5, 0.6) is 5.75 Å². The molecule has 6 heteroatoms. The second-order valence-corrected chi connectivity index (χ2v) is 4.11. The lowest BCUT2D eigenvalue weighted by Crippen LogP contribution is -2.14. The standard InChI is InChI=1S/C14H15N3O3/c1-2-12(18)17-9-4-3-5-10(8-9)20-14(16)13-11(15)6-7-19-13/h2-5,8,16H,1,6-7,15H2,(H,17,18). The van der Waals surface area contributed by atoms with E-state index >= 15 is 0 Å². The molecule has 0 atom stereocenters. The van der Waals surface area contributed by atoms with Crippen molar-refractivity contribution in [2.45, 2.75) is 6.42 Å². The van der Waals surface area contributed by atoms with Crippen molar-refractivity contribution in [2.24, 2.45) is 5.73 Å². The third kappa shape index (κ3) is 3.17. The van der Waals surface area contributed by atoms with Crippen LogP contribution < -0.4 is 15.8 Å². The van der Waals surface area contributed by atoms with Crippen molar-refractivity contribution in [2.75, 3.05) is 11.9 Å². The van der Waals surface area contributed by atoms with Crippen LogP contribution in [-0.4, -0.2) is 18.4 Å². The van der Waals surface area contributed by atoms with Crippen LogP contribution in [0.4, 0.5) is 5.69 Å². The highest BCUT2D eigenvalue weighted by molar-refractivity contribution is 5.99. The first kappa shape index (κ1) is 13.7. The predicted molar refractivity (Wildman–Crippen MR) is 75.4 cm³/mol. The Bertz CT molecular complexity index is 593. The molecular weight excluding hydrogens is 258 g/mol. The third-order valence-electron chi connectivity index (χ3n) is 2.62. The fourth-order valence-electron chi connectivity index (χ4n) is 1.68. The van der Waals surface area contributed by atoms with Crippen molar-refractivity contribution in [3.8, 4) is 5.75 Å². The number of hydrogen-bond acceptors (Lipinski definition) is 5. The Morgan fingerprint density at radius 3 is 3.00 bits per heavy atom. The summed E-state index contributed by atoms with van der Waals surface area (Å²) in [6.07, 6.45) is 1.77. The summed E-state index contributed by atoms with van der Waals surface area (Å²) >= 11 is 0. The van der Waals surface area contributed by atoms with Gasteiger partial charge in [0, 0.05) is 18.2 Å². The van der Waals surface area contributed by atoms with Gasteiger partial charge in [-0.3, -0.25) is 10.2 Å². The summed E-state index contributed by atoms with van der Waals surface area (Å²) in [6.45, 7) is 3.83. The van der Waals surface area contributed by atoms with E-state index in [9.17, 15) is 4.79 Å². The van der Waals surface area contributed by atoms with E-state index in [1.54, 1.807) is 24.3 Å². The van der Waals surface area contributed by atoms with Gasteiger partial charge in [-0.05, 0) is 18.2 Å². The van der Waals surface area contributed by atoms with Crippen molar-refractivity contribution in [3.05, 3.63) is 48.4 Å². The maximum absolute atomic E-state index is 11.2. The van der Waals surface area contributed by atoms with Crippen LogP contribution in [0, 0.1) is 5.41 Å². The normalized spacial score (nSPS) is 13.6. The van der Waals surface area contributed by atoms with Gasteiger partial charge in [0.05, 0.1) is 12.3 Å². The van der Waals surface area contributed by atoms with Gasteiger partial charge in [0.25, 0.3) is 5.90 Å². The molecule has 1 aliphatic heterocycles. The number of hydrogen-bond donors (Lipinski definition) is 3. The maximum atomic E-state index is 11.2. The molecule has 6 nitrogen and oxygen atoms in total. The highest BCUT2D eigenvalue weighted by Gasteiger charge is 2.19. The molecule has 1 aromatic rings. The zero-order chi connectivity index (χ0) is 14.5. The largest absolute Gasteiger partial charge is 0.486 e. The fourth-order valence-corrected chi connectivity index (χ4v) is 1.68. The Morgan fingerprint density at radius 1 is 1.55 bits per heavy atom. The zero-order valence-corrected chi connectivity index (χ0v) is 10.8. The summed E-state index contributed by atoms with van der Waals surface area (Å²) in [4.78, 5) is 11.2. The lowest BCUT2D eigenvalue weighted by atomic mass is 10.3. The first-order valence-corrected chi connectivity index (χ1v) is 6.02. The van der Waals surface area contributed by atoms with Crippen LogP contribution in [0.1, 0.15) is 6.42 Å². The second-order valence-electron chi connectivity index (χ2n) is 4.11. The van der Waals surface area contributed by atoms with Crippen LogP contribution in [0.15, 0.2) is 48.4 Å². The van der Waals surface area contributed by atoms with Gasteiger partial charge in [0.15, 0.2) is 5.76 Å². The van der Waals surface area contributed by atoms with E-state index in [0.29, 0.717) is 30.2 Å². The Kier molecular flexibility index (Phi) is 4.05.